The molecule has 170 valence electrons. The van der Waals surface area contributed by atoms with Crippen molar-refractivity contribution in [3.8, 4) is 5.75 Å². The van der Waals surface area contributed by atoms with Gasteiger partial charge in [-0.2, -0.15) is 0 Å². The Morgan fingerprint density at radius 3 is 2.71 bits per heavy atom. The zero-order chi connectivity index (χ0) is 20.8. The third-order valence-corrected chi connectivity index (χ3v) is 6.09. The number of hydrogen-bond donors (Lipinski definition) is 2. The molecule has 1 aromatic carbocycles. The Bertz CT molecular complexity index is 823. The third kappa shape index (κ3) is 5.85. The van der Waals surface area contributed by atoms with E-state index in [1.165, 1.54) is 12.8 Å². The summed E-state index contributed by atoms with van der Waals surface area (Å²) in [6, 6.07) is 12.8. The molecule has 2 atom stereocenters. The van der Waals surface area contributed by atoms with Gasteiger partial charge in [-0.25, -0.2) is 0 Å². The smallest absolute Gasteiger partial charge is 0.191 e. The van der Waals surface area contributed by atoms with Gasteiger partial charge in [0, 0.05) is 32.7 Å². The topological polar surface area (TPSA) is 65.3 Å². The number of ether oxygens (including phenoxy) is 1. The first-order valence-corrected chi connectivity index (χ1v) is 10.9. The van der Waals surface area contributed by atoms with Crippen molar-refractivity contribution in [2.24, 2.45) is 4.99 Å². The molecular formula is C23H34IN5O2. The van der Waals surface area contributed by atoms with Gasteiger partial charge in [-0.1, -0.05) is 12.1 Å². The van der Waals surface area contributed by atoms with E-state index in [1.54, 1.807) is 13.4 Å². The number of furan rings is 1. The van der Waals surface area contributed by atoms with Gasteiger partial charge in [0.05, 0.1) is 25.1 Å². The van der Waals surface area contributed by atoms with E-state index in [4.69, 9.17) is 9.15 Å². The van der Waals surface area contributed by atoms with Crippen LogP contribution in [-0.2, 0) is 0 Å². The van der Waals surface area contributed by atoms with Crippen molar-refractivity contribution in [2.75, 3.05) is 51.8 Å². The number of guanidine groups is 1. The predicted octanol–water partition coefficient (Wildman–Crippen LogP) is 3.49. The van der Waals surface area contributed by atoms with Crippen molar-refractivity contribution in [3.63, 3.8) is 0 Å². The summed E-state index contributed by atoms with van der Waals surface area (Å²) >= 11 is 0. The number of para-hydroxylation sites is 2. The summed E-state index contributed by atoms with van der Waals surface area (Å²) in [4.78, 5) is 9.34. The highest BCUT2D eigenvalue weighted by atomic mass is 127. The molecule has 1 aromatic heterocycles. The molecule has 2 fully saturated rings. The molecule has 2 aliphatic heterocycles. The molecule has 0 bridgehead atoms. The summed E-state index contributed by atoms with van der Waals surface area (Å²) in [5.41, 5.74) is 1.15. The van der Waals surface area contributed by atoms with Crippen molar-refractivity contribution in [3.05, 3.63) is 48.4 Å². The number of aliphatic imine (C=N–C) groups is 1. The highest BCUT2D eigenvalue weighted by molar-refractivity contribution is 14.0. The number of anilines is 1. The lowest BCUT2D eigenvalue weighted by atomic mass is 10.2. The van der Waals surface area contributed by atoms with Crippen LogP contribution in [0.3, 0.4) is 0 Å². The fourth-order valence-electron chi connectivity index (χ4n) is 4.51. The van der Waals surface area contributed by atoms with Crippen LogP contribution in [0.5, 0.6) is 5.75 Å². The Balaban J connectivity index is 0.00000272. The monoisotopic (exact) mass is 539 g/mol. The van der Waals surface area contributed by atoms with E-state index in [9.17, 15) is 0 Å². The van der Waals surface area contributed by atoms with Crippen LogP contribution in [0.15, 0.2) is 52.1 Å². The molecule has 2 saturated heterocycles. The lowest BCUT2D eigenvalue weighted by Gasteiger charge is -2.27. The van der Waals surface area contributed by atoms with Crippen LogP contribution in [0.1, 0.15) is 31.1 Å². The molecule has 4 rings (SSSR count). The van der Waals surface area contributed by atoms with Crippen LogP contribution in [0.25, 0.3) is 0 Å². The van der Waals surface area contributed by atoms with Gasteiger partial charge in [-0.3, -0.25) is 9.89 Å². The van der Waals surface area contributed by atoms with E-state index in [0.717, 1.165) is 62.3 Å². The lowest BCUT2D eigenvalue weighted by Crippen LogP contribution is -2.47. The van der Waals surface area contributed by atoms with Gasteiger partial charge in [0.15, 0.2) is 5.96 Å². The molecular weight excluding hydrogens is 505 g/mol. The summed E-state index contributed by atoms with van der Waals surface area (Å²) in [6.07, 6.45) is 5.33. The highest BCUT2D eigenvalue weighted by Gasteiger charge is 2.27. The summed E-state index contributed by atoms with van der Waals surface area (Å²) in [5, 5.41) is 7.13. The summed E-state index contributed by atoms with van der Waals surface area (Å²) in [7, 11) is 3.56. The van der Waals surface area contributed by atoms with Gasteiger partial charge in [0.2, 0.25) is 0 Å². The van der Waals surface area contributed by atoms with Crippen LogP contribution in [0.2, 0.25) is 0 Å². The van der Waals surface area contributed by atoms with E-state index in [0.29, 0.717) is 6.04 Å². The van der Waals surface area contributed by atoms with Gasteiger partial charge in [0.1, 0.15) is 11.5 Å². The lowest BCUT2D eigenvalue weighted by molar-refractivity contribution is 0.215. The first kappa shape index (κ1) is 23.7. The Morgan fingerprint density at radius 2 is 2.00 bits per heavy atom. The Labute approximate surface area is 202 Å². The second-order valence-corrected chi connectivity index (χ2v) is 7.98. The minimum Gasteiger partial charge on any atom is -0.495 e. The molecule has 0 amide bonds. The minimum absolute atomic E-state index is 0. The summed E-state index contributed by atoms with van der Waals surface area (Å²) in [5.74, 6) is 2.79. The molecule has 7 nitrogen and oxygen atoms in total. The van der Waals surface area contributed by atoms with Crippen LogP contribution >= 0.6 is 24.0 Å². The molecule has 0 aliphatic carbocycles. The number of rotatable bonds is 7. The maximum atomic E-state index is 5.73. The second kappa shape index (κ2) is 11.6. The number of benzene rings is 1. The van der Waals surface area contributed by atoms with Gasteiger partial charge in [-0.05, 0) is 56.6 Å². The van der Waals surface area contributed by atoms with Crippen molar-refractivity contribution < 1.29 is 9.15 Å². The molecule has 0 radical (unpaired) electrons. The molecule has 2 N–H and O–H groups in total. The van der Waals surface area contributed by atoms with Crippen LogP contribution < -0.4 is 20.3 Å². The number of nitrogens with zero attached hydrogens (tertiary/aromatic N) is 3. The van der Waals surface area contributed by atoms with E-state index >= 15 is 0 Å². The Morgan fingerprint density at radius 1 is 1.19 bits per heavy atom. The maximum absolute atomic E-state index is 5.73. The van der Waals surface area contributed by atoms with E-state index < -0.39 is 0 Å². The normalized spacial score (nSPS) is 20.4. The van der Waals surface area contributed by atoms with Crippen molar-refractivity contribution in [1.29, 1.82) is 0 Å². The molecule has 8 heteroatoms. The number of nitrogens with one attached hydrogen (secondary N) is 2. The zero-order valence-corrected chi connectivity index (χ0v) is 20.7. The van der Waals surface area contributed by atoms with Gasteiger partial charge < -0.3 is 24.7 Å². The average Bonchev–Trinajstić information content (AvgIpc) is 3.56. The third-order valence-electron chi connectivity index (χ3n) is 6.09. The number of likely N-dealkylation sites (tertiary alicyclic amines) is 1. The van der Waals surface area contributed by atoms with Crippen molar-refractivity contribution in [1.82, 2.24) is 15.5 Å². The highest BCUT2D eigenvalue weighted by Crippen LogP contribution is 2.30. The molecule has 2 aliphatic rings. The maximum Gasteiger partial charge on any atom is 0.191 e. The Kier molecular flexibility index (Phi) is 8.89. The first-order valence-electron chi connectivity index (χ1n) is 10.9. The molecule has 2 aromatic rings. The van der Waals surface area contributed by atoms with Gasteiger partial charge in [0.25, 0.3) is 0 Å². The molecule has 0 spiro atoms. The molecule has 31 heavy (non-hydrogen) atoms. The fourth-order valence-corrected chi connectivity index (χ4v) is 4.51. The molecule has 2 unspecified atom stereocenters. The second-order valence-electron chi connectivity index (χ2n) is 7.98. The van der Waals surface area contributed by atoms with Gasteiger partial charge >= 0.3 is 0 Å². The SMILES string of the molecule is CN=C(NCC(c1ccco1)N1CCCC1)NC1CCN(c2ccccc2OC)C1.I. The average molecular weight is 539 g/mol. The molecule has 0 saturated carbocycles. The summed E-state index contributed by atoms with van der Waals surface area (Å²) < 4.78 is 11.3. The van der Waals surface area contributed by atoms with Crippen LogP contribution in [0, 0.1) is 0 Å². The molecule has 3 heterocycles. The fraction of sp³-hybridized carbons (Fsp3) is 0.522. The van der Waals surface area contributed by atoms with E-state index in [-0.39, 0.29) is 30.0 Å². The Hall–Kier alpha value is -1.94. The van der Waals surface area contributed by atoms with Crippen LogP contribution in [0.4, 0.5) is 5.69 Å². The standard InChI is InChI=1S/C23H33N5O2.HI/c1-24-23(25-16-20(22-10-7-15-30-22)27-12-5-6-13-27)26-18-11-14-28(17-18)19-8-3-4-9-21(19)29-2;/h3-4,7-10,15,18,20H,5-6,11-14,16-17H2,1-2H3,(H2,24,25,26);1H. The number of hydrogen-bond acceptors (Lipinski definition) is 5. The first-order chi connectivity index (χ1) is 14.8. The predicted molar refractivity (Wildman–Crippen MR) is 136 cm³/mol. The van der Waals surface area contributed by atoms with E-state index in [1.807, 2.05) is 25.2 Å². The zero-order valence-electron chi connectivity index (χ0n) is 18.4. The van der Waals surface area contributed by atoms with E-state index in [2.05, 4.69) is 43.6 Å². The number of methoxy groups -OCH3 is 1. The summed E-state index contributed by atoms with van der Waals surface area (Å²) in [6.45, 7) is 4.94. The van der Waals surface area contributed by atoms with Crippen LogP contribution in [-0.4, -0.2) is 63.8 Å². The largest absolute Gasteiger partial charge is 0.495 e. The van der Waals surface area contributed by atoms with Crippen molar-refractivity contribution >= 4 is 35.6 Å². The quantitative estimate of drug-likeness (QED) is 0.319. The minimum atomic E-state index is 0. The van der Waals surface area contributed by atoms with Gasteiger partial charge in [-0.15, -0.1) is 24.0 Å². The number of halogens is 1. The van der Waals surface area contributed by atoms with Crippen molar-refractivity contribution in [2.45, 2.75) is 31.3 Å².